The molecule has 0 bridgehead atoms. The monoisotopic (exact) mass is 251 g/mol. The maximum Gasteiger partial charge on any atom is 0.287 e. The number of carbonyl (C=O) groups is 1. The molecule has 0 radical (unpaired) electrons. The average Bonchev–Trinajstić information content (AvgIpc) is 3.04. The Morgan fingerprint density at radius 2 is 2.17 bits per heavy atom. The molecule has 1 aromatic rings. The molecule has 98 valence electrons. The normalized spacial score (nSPS) is 26.3. The minimum atomic E-state index is -0.611. The van der Waals surface area contributed by atoms with Crippen molar-refractivity contribution in [2.75, 3.05) is 13.2 Å². The minimum absolute atomic E-state index is 0.0913. The van der Waals surface area contributed by atoms with Crippen LogP contribution in [0.1, 0.15) is 36.2 Å². The van der Waals surface area contributed by atoms with Gasteiger partial charge in [0.15, 0.2) is 11.5 Å². The van der Waals surface area contributed by atoms with Crippen LogP contribution in [0.25, 0.3) is 0 Å². The molecule has 2 fully saturated rings. The van der Waals surface area contributed by atoms with Crippen LogP contribution in [0.5, 0.6) is 0 Å². The number of hydrogen-bond acceptors (Lipinski definition) is 4. The molecule has 1 aliphatic heterocycles. The minimum Gasteiger partial charge on any atom is -0.459 e. The first kappa shape index (κ1) is 11.7. The summed E-state index contributed by atoms with van der Waals surface area (Å²) in [6.07, 6.45) is 5.38. The molecule has 18 heavy (non-hydrogen) atoms. The van der Waals surface area contributed by atoms with E-state index in [2.05, 4.69) is 5.32 Å². The number of carbonyl (C=O) groups excluding carboxylic acids is 1. The molecule has 2 heterocycles. The van der Waals surface area contributed by atoms with E-state index in [1.54, 1.807) is 12.1 Å². The van der Waals surface area contributed by atoms with Crippen LogP contribution in [-0.2, 0) is 9.47 Å². The largest absolute Gasteiger partial charge is 0.459 e. The van der Waals surface area contributed by atoms with Gasteiger partial charge in [-0.05, 0) is 25.0 Å². The molecule has 0 unspecified atom stereocenters. The van der Waals surface area contributed by atoms with Crippen LogP contribution in [-0.4, -0.2) is 30.9 Å². The number of furan rings is 1. The smallest absolute Gasteiger partial charge is 0.287 e. The van der Waals surface area contributed by atoms with E-state index in [4.69, 9.17) is 13.9 Å². The summed E-state index contributed by atoms with van der Waals surface area (Å²) in [6.45, 7) is 1.21. The third kappa shape index (κ3) is 2.04. The molecule has 0 aromatic carbocycles. The lowest BCUT2D eigenvalue weighted by Gasteiger charge is -2.39. The second-order valence-corrected chi connectivity index (χ2v) is 4.76. The molecule has 1 aliphatic carbocycles. The third-order valence-electron chi connectivity index (χ3n) is 3.63. The molecular formula is C13H17NO4. The quantitative estimate of drug-likeness (QED) is 0.869. The van der Waals surface area contributed by atoms with Crippen LogP contribution in [0.2, 0.25) is 0 Å². The Bertz CT molecular complexity index is 409. The van der Waals surface area contributed by atoms with Crippen molar-refractivity contribution in [3.05, 3.63) is 24.2 Å². The van der Waals surface area contributed by atoms with Gasteiger partial charge in [0, 0.05) is 6.42 Å². The number of amides is 1. The van der Waals surface area contributed by atoms with Crippen LogP contribution < -0.4 is 5.32 Å². The number of rotatable bonds is 2. The van der Waals surface area contributed by atoms with Gasteiger partial charge in [0.05, 0.1) is 25.5 Å². The Morgan fingerprint density at radius 1 is 1.33 bits per heavy atom. The van der Waals surface area contributed by atoms with E-state index in [0.717, 1.165) is 25.7 Å². The fraction of sp³-hybridized carbons (Fsp3) is 0.615. The Morgan fingerprint density at radius 3 is 2.89 bits per heavy atom. The van der Waals surface area contributed by atoms with Crippen molar-refractivity contribution in [2.24, 2.45) is 0 Å². The van der Waals surface area contributed by atoms with Gasteiger partial charge in [-0.15, -0.1) is 0 Å². The summed E-state index contributed by atoms with van der Waals surface area (Å²) < 4.78 is 16.6. The summed E-state index contributed by atoms with van der Waals surface area (Å²) in [5, 5.41) is 2.97. The second kappa shape index (κ2) is 4.74. The molecule has 1 saturated heterocycles. The standard InChI is InChI=1S/C13H17NO4/c15-12(10-4-3-7-16-10)14-11-5-1-2-6-13(11)17-8-9-18-13/h3-4,7,11H,1-2,5-6,8-9H2,(H,14,15)/t11-/m0/s1. The van der Waals surface area contributed by atoms with Gasteiger partial charge < -0.3 is 19.2 Å². The van der Waals surface area contributed by atoms with Gasteiger partial charge in [-0.2, -0.15) is 0 Å². The fourth-order valence-electron chi connectivity index (χ4n) is 2.75. The summed E-state index contributed by atoms with van der Waals surface area (Å²) in [7, 11) is 0. The second-order valence-electron chi connectivity index (χ2n) is 4.76. The van der Waals surface area contributed by atoms with Crippen LogP contribution >= 0.6 is 0 Å². The van der Waals surface area contributed by atoms with E-state index >= 15 is 0 Å². The van der Waals surface area contributed by atoms with Crippen LogP contribution in [0.3, 0.4) is 0 Å². The van der Waals surface area contributed by atoms with Gasteiger partial charge in [0.1, 0.15) is 0 Å². The summed E-state index contributed by atoms with van der Waals surface area (Å²) in [4.78, 5) is 12.0. The first-order chi connectivity index (χ1) is 8.80. The Hall–Kier alpha value is -1.33. The first-order valence-electron chi connectivity index (χ1n) is 6.42. The molecular weight excluding hydrogens is 234 g/mol. The summed E-state index contributed by atoms with van der Waals surface area (Å²) in [6, 6.07) is 3.27. The van der Waals surface area contributed by atoms with E-state index in [9.17, 15) is 4.79 Å². The molecule has 1 spiro atoms. The lowest BCUT2D eigenvalue weighted by atomic mass is 9.89. The SMILES string of the molecule is O=C(N[C@H]1CCCCC12OCCO2)c1ccco1. The molecule has 5 heteroatoms. The summed E-state index contributed by atoms with van der Waals surface area (Å²) >= 11 is 0. The van der Waals surface area contributed by atoms with E-state index in [1.807, 2.05) is 0 Å². The maximum absolute atomic E-state index is 12.0. The van der Waals surface area contributed by atoms with Crippen molar-refractivity contribution in [1.82, 2.24) is 5.32 Å². The Labute approximate surface area is 105 Å². The Kier molecular flexibility index (Phi) is 3.09. The van der Waals surface area contributed by atoms with Crippen LogP contribution in [0.4, 0.5) is 0 Å². The molecule has 1 amide bonds. The predicted molar refractivity (Wildman–Crippen MR) is 63.1 cm³/mol. The molecule has 5 nitrogen and oxygen atoms in total. The van der Waals surface area contributed by atoms with E-state index in [-0.39, 0.29) is 11.9 Å². The van der Waals surface area contributed by atoms with Crippen LogP contribution in [0, 0.1) is 0 Å². The number of hydrogen-bond donors (Lipinski definition) is 1. The van der Waals surface area contributed by atoms with Gasteiger partial charge in [-0.3, -0.25) is 4.79 Å². The first-order valence-corrected chi connectivity index (χ1v) is 6.42. The van der Waals surface area contributed by atoms with Crippen molar-refractivity contribution in [2.45, 2.75) is 37.5 Å². The van der Waals surface area contributed by atoms with Crippen molar-refractivity contribution in [1.29, 1.82) is 0 Å². The third-order valence-corrected chi connectivity index (χ3v) is 3.63. The zero-order chi connectivity index (χ0) is 12.4. The zero-order valence-electron chi connectivity index (χ0n) is 10.2. The predicted octanol–water partition coefficient (Wildman–Crippen LogP) is 1.70. The van der Waals surface area contributed by atoms with Crippen molar-refractivity contribution in [3.8, 4) is 0 Å². The fourth-order valence-corrected chi connectivity index (χ4v) is 2.75. The van der Waals surface area contributed by atoms with Crippen molar-refractivity contribution in [3.63, 3.8) is 0 Å². The molecule has 2 aliphatic rings. The molecule has 3 rings (SSSR count). The number of nitrogens with one attached hydrogen (secondary N) is 1. The van der Waals surface area contributed by atoms with Crippen molar-refractivity contribution >= 4 is 5.91 Å². The highest BCUT2D eigenvalue weighted by molar-refractivity contribution is 5.91. The van der Waals surface area contributed by atoms with Gasteiger partial charge in [0.2, 0.25) is 0 Å². The summed E-state index contributed by atoms with van der Waals surface area (Å²) in [5.41, 5.74) is 0. The molecule has 1 aromatic heterocycles. The lowest BCUT2D eigenvalue weighted by Crippen LogP contribution is -2.55. The molecule has 1 N–H and O–H groups in total. The highest BCUT2D eigenvalue weighted by Gasteiger charge is 2.46. The zero-order valence-corrected chi connectivity index (χ0v) is 10.2. The number of ether oxygens (including phenoxy) is 2. The van der Waals surface area contributed by atoms with E-state index < -0.39 is 5.79 Å². The topological polar surface area (TPSA) is 60.7 Å². The van der Waals surface area contributed by atoms with Gasteiger partial charge >= 0.3 is 0 Å². The maximum atomic E-state index is 12.0. The van der Waals surface area contributed by atoms with Gasteiger partial charge in [-0.25, -0.2) is 0 Å². The average molecular weight is 251 g/mol. The van der Waals surface area contributed by atoms with Crippen LogP contribution in [0.15, 0.2) is 22.8 Å². The molecule has 1 atom stereocenters. The van der Waals surface area contributed by atoms with Gasteiger partial charge in [0.25, 0.3) is 5.91 Å². The van der Waals surface area contributed by atoms with E-state index in [0.29, 0.717) is 19.0 Å². The van der Waals surface area contributed by atoms with Gasteiger partial charge in [-0.1, -0.05) is 6.42 Å². The summed E-state index contributed by atoms with van der Waals surface area (Å²) in [5.74, 6) is -0.486. The molecule has 1 saturated carbocycles. The Balaban J connectivity index is 1.72. The highest BCUT2D eigenvalue weighted by Crippen LogP contribution is 2.36. The lowest BCUT2D eigenvalue weighted by molar-refractivity contribution is -0.192. The highest BCUT2D eigenvalue weighted by atomic mass is 16.7. The van der Waals surface area contributed by atoms with E-state index in [1.165, 1.54) is 6.26 Å². The van der Waals surface area contributed by atoms with Crippen molar-refractivity contribution < 1.29 is 18.7 Å².